The first-order valence-corrected chi connectivity index (χ1v) is 3.87. The first-order valence-electron chi connectivity index (χ1n) is 3.87. The molecular weight excluding hydrogens is 160 g/mol. The van der Waals surface area contributed by atoms with Gasteiger partial charge in [-0.2, -0.15) is 0 Å². The van der Waals surface area contributed by atoms with E-state index in [1.54, 1.807) is 0 Å². The largest absolute Gasteiger partial charge is 0.379 e. The lowest BCUT2D eigenvalue weighted by atomic mass is 10.1. The van der Waals surface area contributed by atoms with Crippen molar-refractivity contribution in [3.05, 3.63) is 0 Å². The molecule has 2 atom stereocenters. The van der Waals surface area contributed by atoms with Crippen LogP contribution in [0.3, 0.4) is 0 Å². The lowest BCUT2D eigenvalue weighted by Crippen LogP contribution is -2.52. The second-order valence-corrected chi connectivity index (χ2v) is 2.85. The molecule has 0 saturated carbocycles. The maximum Gasteiger partial charge on any atom is 0.243 e. The summed E-state index contributed by atoms with van der Waals surface area (Å²) < 4.78 is 0. The van der Waals surface area contributed by atoms with Crippen molar-refractivity contribution in [2.45, 2.75) is 32.0 Å². The van der Waals surface area contributed by atoms with Crippen molar-refractivity contribution in [2.24, 2.45) is 0 Å². The van der Waals surface area contributed by atoms with Gasteiger partial charge < -0.3 is 5.11 Å². The number of hydrogen-bond donors (Lipinski definition) is 3. The molecule has 0 bridgehead atoms. The highest BCUT2D eigenvalue weighted by Crippen LogP contribution is 2.04. The number of piperidine rings is 1. The minimum atomic E-state index is -0.728. The first-order chi connectivity index (χ1) is 5.59. The quantitative estimate of drug-likeness (QED) is 0.358. The van der Waals surface area contributed by atoms with Gasteiger partial charge in [0.25, 0.3) is 0 Å². The van der Waals surface area contributed by atoms with Crippen molar-refractivity contribution in [1.82, 2.24) is 10.6 Å². The van der Waals surface area contributed by atoms with Crippen LogP contribution in [0.25, 0.3) is 0 Å². The zero-order chi connectivity index (χ0) is 9.14. The Morgan fingerprint density at radius 3 is 2.83 bits per heavy atom. The second-order valence-electron chi connectivity index (χ2n) is 2.85. The summed E-state index contributed by atoms with van der Waals surface area (Å²) >= 11 is 0. The number of aliphatic hydroxyl groups excluding tert-OH is 1. The Hall–Kier alpha value is -0.940. The maximum absolute atomic E-state index is 11.0. The van der Waals surface area contributed by atoms with E-state index in [1.807, 2.05) is 0 Å². The van der Waals surface area contributed by atoms with Gasteiger partial charge in [0, 0.05) is 6.42 Å². The summed E-state index contributed by atoms with van der Waals surface area (Å²) in [5.74, 6) is -0.601. The molecule has 5 nitrogen and oxygen atoms in total. The van der Waals surface area contributed by atoms with Crippen LogP contribution in [0.4, 0.5) is 0 Å². The standard InChI is InChI=1S/C7H12N2O3/c1-4(10)8-5-2-3-6(11)9-7(5)12/h4-5,8,10H,2-3H2,1H3,(H,9,11,12). The summed E-state index contributed by atoms with van der Waals surface area (Å²) in [6.07, 6.45) is 0.0556. The summed E-state index contributed by atoms with van der Waals surface area (Å²) in [6.45, 7) is 1.53. The fourth-order valence-corrected chi connectivity index (χ4v) is 1.14. The van der Waals surface area contributed by atoms with Crippen LogP contribution in [0.1, 0.15) is 19.8 Å². The van der Waals surface area contributed by atoms with Crippen LogP contribution in [0.5, 0.6) is 0 Å². The summed E-state index contributed by atoms with van der Waals surface area (Å²) in [6, 6.07) is -0.442. The van der Waals surface area contributed by atoms with Crippen molar-refractivity contribution >= 4 is 11.8 Å². The minimum absolute atomic E-state index is 0.247. The number of amides is 2. The molecule has 2 amide bonds. The van der Waals surface area contributed by atoms with Gasteiger partial charge in [-0.25, -0.2) is 0 Å². The van der Waals surface area contributed by atoms with Crippen LogP contribution >= 0.6 is 0 Å². The molecule has 1 rings (SSSR count). The summed E-state index contributed by atoms with van der Waals surface area (Å²) in [7, 11) is 0. The fourth-order valence-electron chi connectivity index (χ4n) is 1.14. The predicted octanol–water partition coefficient (Wildman–Crippen LogP) is -1.28. The Balaban J connectivity index is 2.45. The topological polar surface area (TPSA) is 78.4 Å². The van der Waals surface area contributed by atoms with E-state index < -0.39 is 12.3 Å². The Morgan fingerprint density at radius 1 is 1.67 bits per heavy atom. The Kier molecular flexibility index (Phi) is 2.78. The van der Waals surface area contributed by atoms with E-state index in [1.165, 1.54) is 6.92 Å². The molecule has 68 valence electrons. The van der Waals surface area contributed by atoms with E-state index in [4.69, 9.17) is 5.11 Å². The average molecular weight is 172 g/mol. The van der Waals surface area contributed by atoms with E-state index in [0.29, 0.717) is 12.8 Å². The lowest BCUT2D eigenvalue weighted by Gasteiger charge is -2.22. The molecule has 0 aromatic rings. The van der Waals surface area contributed by atoms with Crippen LogP contribution in [0, 0.1) is 0 Å². The average Bonchev–Trinajstić information content (AvgIpc) is 1.94. The molecule has 1 fully saturated rings. The highest BCUT2D eigenvalue weighted by Gasteiger charge is 2.26. The van der Waals surface area contributed by atoms with Crippen molar-refractivity contribution in [1.29, 1.82) is 0 Å². The van der Waals surface area contributed by atoms with E-state index in [9.17, 15) is 9.59 Å². The van der Waals surface area contributed by atoms with E-state index >= 15 is 0 Å². The van der Waals surface area contributed by atoms with Crippen LogP contribution in [0.15, 0.2) is 0 Å². The second kappa shape index (κ2) is 3.64. The molecule has 2 unspecified atom stereocenters. The van der Waals surface area contributed by atoms with Gasteiger partial charge in [0.1, 0.15) is 6.23 Å². The molecule has 0 aromatic heterocycles. The molecule has 1 aliphatic heterocycles. The fraction of sp³-hybridized carbons (Fsp3) is 0.714. The van der Waals surface area contributed by atoms with Gasteiger partial charge in [-0.05, 0) is 13.3 Å². The summed E-state index contributed by atoms with van der Waals surface area (Å²) in [5.41, 5.74) is 0. The minimum Gasteiger partial charge on any atom is -0.379 e. The normalized spacial score (nSPS) is 26.7. The van der Waals surface area contributed by atoms with Crippen LogP contribution in [0.2, 0.25) is 0 Å². The van der Waals surface area contributed by atoms with Gasteiger partial charge in [-0.3, -0.25) is 20.2 Å². The molecule has 0 aromatic carbocycles. The number of imide groups is 1. The van der Waals surface area contributed by atoms with E-state index in [-0.39, 0.29) is 11.8 Å². The molecule has 1 aliphatic rings. The van der Waals surface area contributed by atoms with Gasteiger partial charge in [0.15, 0.2) is 0 Å². The van der Waals surface area contributed by atoms with Gasteiger partial charge in [0.2, 0.25) is 11.8 Å². The number of hydrogen-bond acceptors (Lipinski definition) is 4. The Bertz CT molecular complexity index is 203. The van der Waals surface area contributed by atoms with Gasteiger partial charge in [-0.15, -0.1) is 0 Å². The molecule has 1 saturated heterocycles. The zero-order valence-electron chi connectivity index (χ0n) is 6.83. The molecule has 3 N–H and O–H groups in total. The van der Waals surface area contributed by atoms with Crippen molar-refractivity contribution in [2.75, 3.05) is 0 Å². The smallest absolute Gasteiger partial charge is 0.243 e. The van der Waals surface area contributed by atoms with E-state index in [0.717, 1.165) is 0 Å². The number of rotatable bonds is 2. The molecule has 1 heterocycles. The third-order valence-corrected chi connectivity index (χ3v) is 1.68. The molecule has 5 heteroatoms. The van der Waals surface area contributed by atoms with Gasteiger partial charge in [-0.1, -0.05) is 0 Å². The molecule has 0 aliphatic carbocycles. The third-order valence-electron chi connectivity index (χ3n) is 1.68. The van der Waals surface area contributed by atoms with Crippen molar-refractivity contribution in [3.8, 4) is 0 Å². The number of carbonyl (C=O) groups excluding carboxylic acids is 2. The Labute approximate surface area is 70.1 Å². The van der Waals surface area contributed by atoms with Crippen LogP contribution in [-0.4, -0.2) is 29.2 Å². The summed E-state index contributed by atoms with van der Waals surface area (Å²) in [5, 5.41) is 13.7. The highest BCUT2D eigenvalue weighted by atomic mass is 16.3. The van der Waals surface area contributed by atoms with Crippen LogP contribution < -0.4 is 10.6 Å². The lowest BCUT2D eigenvalue weighted by molar-refractivity contribution is -0.135. The van der Waals surface area contributed by atoms with E-state index in [2.05, 4.69) is 10.6 Å². The van der Waals surface area contributed by atoms with Crippen molar-refractivity contribution < 1.29 is 14.7 Å². The Morgan fingerprint density at radius 2 is 2.33 bits per heavy atom. The predicted molar refractivity (Wildman–Crippen MR) is 41.0 cm³/mol. The molecular formula is C7H12N2O3. The van der Waals surface area contributed by atoms with Crippen molar-refractivity contribution in [3.63, 3.8) is 0 Å². The summed E-state index contributed by atoms with van der Waals surface area (Å²) in [4.78, 5) is 21.7. The van der Waals surface area contributed by atoms with Gasteiger partial charge in [0.05, 0.1) is 6.04 Å². The molecule has 12 heavy (non-hydrogen) atoms. The zero-order valence-corrected chi connectivity index (χ0v) is 6.83. The van der Waals surface area contributed by atoms with Crippen LogP contribution in [-0.2, 0) is 9.59 Å². The highest BCUT2D eigenvalue weighted by molar-refractivity contribution is 6.00. The van der Waals surface area contributed by atoms with Gasteiger partial charge >= 0.3 is 0 Å². The molecule has 0 radical (unpaired) electrons. The molecule has 0 spiro atoms. The first kappa shape index (κ1) is 9.15. The number of carbonyl (C=O) groups is 2. The monoisotopic (exact) mass is 172 g/mol. The SMILES string of the molecule is CC(O)NC1CCC(=O)NC1=O. The number of aliphatic hydroxyl groups is 1. The number of nitrogens with one attached hydrogen (secondary N) is 2. The third kappa shape index (κ3) is 2.28. The maximum atomic E-state index is 11.0.